The van der Waals surface area contributed by atoms with E-state index in [1.807, 2.05) is 0 Å². The molecule has 0 aliphatic carbocycles. The summed E-state index contributed by atoms with van der Waals surface area (Å²) in [6.07, 6.45) is 1.05. The van der Waals surface area contributed by atoms with Crippen LogP contribution in [0.2, 0.25) is 0 Å². The first-order valence-electron chi connectivity index (χ1n) is 4.89. The summed E-state index contributed by atoms with van der Waals surface area (Å²) in [5, 5.41) is 7.75. The number of hydrogen-bond donors (Lipinski definition) is 1. The van der Waals surface area contributed by atoms with Crippen molar-refractivity contribution < 1.29 is 4.74 Å². The summed E-state index contributed by atoms with van der Waals surface area (Å²) < 4.78 is 8.88. The van der Waals surface area contributed by atoms with Crippen molar-refractivity contribution in [3.8, 4) is 0 Å². The lowest BCUT2D eigenvalue weighted by Gasteiger charge is -2.33. The van der Waals surface area contributed by atoms with Gasteiger partial charge in [-0.3, -0.25) is 4.68 Å². The standard InChI is InChI=1S/C9H12BrN3O.ClH/c10-8-5-7-9(1-2-11-6-9)14-4-3-13(7)12-8;/h5,11H,1-4,6H2;1H. The van der Waals surface area contributed by atoms with E-state index < -0.39 is 0 Å². The summed E-state index contributed by atoms with van der Waals surface area (Å²) in [7, 11) is 0. The van der Waals surface area contributed by atoms with Crippen molar-refractivity contribution in [3.63, 3.8) is 0 Å². The fourth-order valence-corrected chi connectivity index (χ4v) is 2.74. The van der Waals surface area contributed by atoms with E-state index in [0.717, 1.165) is 37.3 Å². The predicted molar refractivity (Wildman–Crippen MR) is 62.3 cm³/mol. The second kappa shape index (κ2) is 4.05. The Bertz CT molecular complexity index is 362. The van der Waals surface area contributed by atoms with Gasteiger partial charge in [-0.1, -0.05) is 0 Å². The monoisotopic (exact) mass is 293 g/mol. The van der Waals surface area contributed by atoms with Crippen molar-refractivity contribution in [1.82, 2.24) is 15.1 Å². The molecule has 1 aromatic rings. The Morgan fingerprint density at radius 2 is 2.47 bits per heavy atom. The summed E-state index contributed by atoms with van der Waals surface area (Å²) in [6, 6.07) is 2.08. The minimum Gasteiger partial charge on any atom is -0.365 e. The van der Waals surface area contributed by atoms with E-state index in [2.05, 4.69) is 37.1 Å². The van der Waals surface area contributed by atoms with Gasteiger partial charge in [0.1, 0.15) is 10.2 Å². The molecule has 1 fully saturated rings. The van der Waals surface area contributed by atoms with Crippen molar-refractivity contribution in [1.29, 1.82) is 0 Å². The molecule has 4 nitrogen and oxygen atoms in total. The zero-order chi connectivity index (χ0) is 9.60. The lowest BCUT2D eigenvalue weighted by Crippen LogP contribution is -2.40. The quantitative estimate of drug-likeness (QED) is 0.784. The molecule has 2 aliphatic heterocycles. The van der Waals surface area contributed by atoms with Crippen LogP contribution >= 0.6 is 28.3 Å². The van der Waals surface area contributed by atoms with Gasteiger partial charge in [-0.05, 0) is 35.0 Å². The maximum atomic E-state index is 5.92. The van der Waals surface area contributed by atoms with Crippen LogP contribution in [0, 0.1) is 0 Å². The van der Waals surface area contributed by atoms with E-state index in [0.29, 0.717) is 0 Å². The highest BCUT2D eigenvalue weighted by atomic mass is 79.9. The Morgan fingerprint density at radius 1 is 1.60 bits per heavy atom. The van der Waals surface area contributed by atoms with Gasteiger partial charge in [0.15, 0.2) is 0 Å². The van der Waals surface area contributed by atoms with Crippen LogP contribution < -0.4 is 5.32 Å². The van der Waals surface area contributed by atoms with E-state index in [4.69, 9.17) is 4.74 Å². The minimum absolute atomic E-state index is 0. The van der Waals surface area contributed by atoms with Gasteiger partial charge in [-0.15, -0.1) is 12.4 Å². The fraction of sp³-hybridized carbons (Fsp3) is 0.667. The number of nitrogens with zero attached hydrogens (tertiary/aromatic N) is 2. The zero-order valence-electron chi connectivity index (χ0n) is 8.20. The van der Waals surface area contributed by atoms with Gasteiger partial charge in [0.05, 0.1) is 18.8 Å². The van der Waals surface area contributed by atoms with Gasteiger partial charge in [0.25, 0.3) is 0 Å². The van der Waals surface area contributed by atoms with Crippen LogP contribution in [-0.2, 0) is 16.9 Å². The van der Waals surface area contributed by atoms with Crippen molar-refractivity contribution in [2.24, 2.45) is 0 Å². The summed E-state index contributed by atoms with van der Waals surface area (Å²) in [4.78, 5) is 0. The smallest absolute Gasteiger partial charge is 0.128 e. The van der Waals surface area contributed by atoms with E-state index in [1.165, 1.54) is 5.69 Å². The number of aromatic nitrogens is 2. The molecule has 0 bridgehead atoms. The third-order valence-electron chi connectivity index (χ3n) is 3.01. The summed E-state index contributed by atoms with van der Waals surface area (Å²) in [6.45, 7) is 3.57. The highest BCUT2D eigenvalue weighted by Gasteiger charge is 2.41. The van der Waals surface area contributed by atoms with Crippen LogP contribution in [-0.4, -0.2) is 29.5 Å². The molecule has 1 unspecified atom stereocenters. The van der Waals surface area contributed by atoms with Gasteiger partial charge in [0.2, 0.25) is 0 Å². The van der Waals surface area contributed by atoms with Crippen LogP contribution in [0.4, 0.5) is 0 Å². The maximum absolute atomic E-state index is 5.92. The van der Waals surface area contributed by atoms with E-state index >= 15 is 0 Å². The molecule has 0 aromatic carbocycles. The van der Waals surface area contributed by atoms with Crippen LogP contribution in [0.25, 0.3) is 0 Å². The largest absolute Gasteiger partial charge is 0.365 e. The Balaban J connectivity index is 0.000000853. The van der Waals surface area contributed by atoms with Crippen LogP contribution in [0.15, 0.2) is 10.7 Å². The topological polar surface area (TPSA) is 39.1 Å². The second-order valence-electron chi connectivity index (χ2n) is 3.84. The maximum Gasteiger partial charge on any atom is 0.128 e. The molecule has 6 heteroatoms. The molecule has 3 heterocycles. The van der Waals surface area contributed by atoms with E-state index in [9.17, 15) is 0 Å². The van der Waals surface area contributed by atoms with Gasteiger partial charge < -0.3 is 10.1 Å². The number of ether oxygens (including phenoxy) is 1. The van der Waals surface area contributed by atoms with Gasteiger partial charge in [-0.2, -0.15) is 5.10 Å². The molecule has 15 heavy (non-hydrogen) atoms. The SMILES string of the molecule is Brc1cc2n(n1)CCOC21CCNC1.Cl. The highest BCUT2D eigenvalue weighted by Crippen LogP contribution is 2.35. The molecule has 0 saturated carbocycles. The molecule has 2 aliphatic rings. The molecule has 1 aromatic heterocycles. The second-order valence-corrected chi connectivity index (χ2v) is 4.66. The van der Waals surface area contributed by atoms with Crippen LogP contribution in [0.3, 0.4) is 0 Å². The first kappa shape index (κ1) is 11.4. The molecular weight excluding hydrogens is 281 g/mol. The number of halogens is 2. The number of hydrogen-bond acceptors (Lipinski definition) is 3. The van der Waals surface area contributed by atoms with Gasteiger partial charge in [-0.25, -0.2) is 0 Å². The average Bonchev–Trinajstić information content (AvgIpc) is 2.74. The molecule has 0 amide bonds. The number of fused-ring (bicyclic) bond motifs is 2. The zero-order valence-corrected chi connectivity index (χ0v) is 10.6. The van der Waals surface area contributed by atoms with Crippen molar-refractivity contribution in [2.75, 3.05) is 19.7 Å². The van der Waals surface area contributed by atoms with Crippen molar-refractivity contribution >= 4 is 28.3 Å². The predicted octanol–water partition coefficient (Wildman–Crippen LogP) is 1.29. The van der Waals surface area contributed by atoms with Crippen molar-refractivity contribution in [3.05, 3.63) is 16.4 Å². The Hall–Kier alpha value is -0.100. The van der Waals surface area contributed by atoms with E-state index in [1.54, 1.807) is 0 Å². The average molecular weight is 295 g/mol. The third-order valence-corrected chi connectivity index (χ3v) is 3.40. The molecule has 3 rings (SSSR count). The van der Waals surface area contributed by atoms with Crippen LogP contribution in [0.1, 0.15) is 12.1 Å². The minimum atomic E-state index is -0.114. The van der Waals surface area contributed by atoms with E-state index in [-0.39, 0.29) is 18.0 Å². The molecule has 1 atom stereocenters. The first-order valence-corrected chi connectivity index (χ1v) is 5.68. The fourth-order valence-electron chi connectivity index (χ4n) is 2.33. The lowest BCUT2D eigenvalue weighted by molar-refractivity contribution is -0.0657. The molecule has 84 valence electrons. The lowest BCUT2D eigenvalue weighted by atomic mass is 9.97. The first-order chi connectivity index (χ1) is 6.80. The van der Waals surface area contributed by atoms with Crippen LogP contribution in [0.5, 0.6) is 0 Å². The Kier molecular flexibility index (Phi) is 3.07. The number of nitrogens with one attached hydrogen (secondary N) is 1. The Morgan fingerprint density at radius 3 is 3.20 bits per heavy atom. The third kappa shape index (κ3) is 1.71. The highest BCUT2D eigenvalue weighted by molar-refractivity contribution is 9.10. The van der Waals surface area contributed by atoms with Crippen molar-refractivity contribution in [2.45, 2.75) is 18.6 Å². The normalized spacial score (nSPS) is 28.9. The molecular formula is C9H13BrClN3O. The van der Waals surface area contributed by atoms with Gasteiger partial charge in [0, 0.05) is 6.54 Å². The molecule has 0 radical (unpaired) electrons. The summed E-state index contributed by atoms with van der Waals surface area (Å²) >= 11 is 3.41. The molecule has 1 N–H and O–H groups in total. The van der Waals surface area contributed by atoms with Gasteiger partial charge >= 0.3 is 0 Å². The number of rotatable bonds is 0. The summed E-state index contributed by atoms with van der Waals surface area (Å²) in [5.41, 5.74) is 1.10. The molecule has 1 spiro atoms. The Labute approximate surface area is 103 Å². The molecule has 1 saturated heterocycles. The summed E-state index contributed by atoms with van der Waals surface area (Å²) in [5.74, 6) is 0.